The molecule has 19 nitrogen and oxygen atoms in total. The summed E-state index contributed by atoms with van der Waals surface area (Å²) in [5.41, 5.74) is 0. The number of hydrogen-bond donors (Lipinski definition) is 12. The molecule has 3 fully saturated rings. The number of unbranched alkanes of at least 4 members (excludes halogenated alkanes) is 25. The van der Waals surface area contributed by atoms with Crippen LogP contribution in [0.1, 0.15) is 200 Å². The van der Waals surface area contributed by atoms with Crippen LogP contribution in [0.15, 0.2) is 24.3 Å². The minimum absolute atomic E-state index is 0.240. The smallest absolute Gasteiger partial charge is 0.220 e. The molecule has 0 aliphatic carbocycles. The Balaban J connectivity index is 1.53. The van der Waals surface area contributed by atoms with Crippen LogP contribution in [0.2, 0.25) is 0 Å². The van der Waals surface area contributed by atoms with Crippen molar-refractivity contribution in [2.75, 3.05) is 26.4 Å². The highest BCUT2D eigenvalue weighted by molar-refractivity contribution is 5.76. The van der Waals surface area contributed by atoms with Crippen molar-refractivity contribution >= 4 is 5.91 Å². The first-order valence-corrected chi connectivity index (χ1v) is 29.6. The van der Waals surface area contributed by atoms with E-state index < -0.39 is 124 Å². The van der Waals surface area contributed by atoms with Crippen LogP contribution in [-0.2, 0) is 33.2 Å². The Labute approximate surface area is 454 Å². The van der Waals surface area contributed by atoms with Gasteiger partial charge in [-0.05, 0) is 32.1 Å². The van der Waals surface area contributed by atoms with Gasteiger partial charge in [-0.2, -0.15) is 0 Å². The fraction of sp³-hybridized carbons (Fsp3) is 0.912. The summed E-state index contributed by atoms with van der Waals surface area (Å²) in [7, 11) is 0. The average Bonchev–Trinajstić information content (AvgIpc) is 3.42. The van der Waals surface area contributed by atoms with Gasteiger partial charge in [-0.15, -0.1) is 0 Å². The summed E-state index contributed by atoms with van der Waals surface area (Å²) in [4.78, 5) is 13.3. The Morgan fingerprint density at radius 3 is 1.32 bits per heavy atom. The van der Waals surface area contributed by atoms with Crippen LogP contribution in [0.4, 0.5) is 0 Å². The minimum atomic E-state index is -1.98. The van der Waals surface area contributed by atoms with Crippen molar-refractivity contribution in [3.63, 3.8) is 0 Å². The molecule has 3 rings (SSSR count). The van der Waals surface area contributed by atoms with E-state index in [1.54, 1.807) is 6.08 Å². The van der Waals surface area contributed by atoms with Gasteiger partial charge in [-0.25, -0.2) is 0 Å². The molecule has 3 aliphatic rings. The largest absolute Gasteiger partial charge is 0.394 e. The van der Waals surface area contributed by atoms with E-state index in [0.717, 1.165) is 38.5 Å². The lowest BCUT2D eigenvalue weighted by molar-refractivity contribution is -0.379. The molecule has 446 valence electrons. The van der Waals surface area contributed by atoms with Crippen LogP contribution in [0, 0.1) is 0 Å². The lowest BCUT2D eigenvalue weighted by Crippen LogP contribution is -2.66. The maximum Gasteiger partial charge on any atom is 0.220 e. The first-order chi connectivity index (χ1) is 36.8. The molecule has 0 saturated carbocycles. The van der Waals surface area contributed by atoms with Crippen LogP contribution >= 0.6 is 0 Å². The quantitative estimate of drug-likeness (QED) is 0.0289. The summed E-state index contributed by atoms with van der Waals surface area (Å²) >= 11 is 0. The zero-order valence-electron chi connectivity index (χ0n) is 46.2. The van der Waals surface area contributed by atoms with E-state index in [9.17, 15) is 61.0 Å². The normalized spacial score (nSPS) is 31.1. The molecular formula is C57H105NO18. The van der Waals surface area contributed by atoms with Crippen LogP contribution in [0.5, 0.6) is 0 Å². The van der Waals surface area contributed by atoms with E-state index in [1.165, 1.54) is 128 Å². The predicted octanol–water partition coefficient (Wildman–Crippen LogP) is 4.76. The molecule has 76 heavy (non-hydrogen) atoms. The van der Waals surface area contributed by atoms with Gasteiger partial charge < -0.3 is 89.9 Å². The third-order valence-corrected chi connectivity index (χ3v) is 15.0. The van der Waals surface area contributed by atoms with E-state index in [2.05, 4.69) is 31.3 Å². The van der Waals surface area contributed by atoms with E-state index in [-0.39, 0.29) is 18.9 Å². The molecule has 12 N–H and O–H groups in total. The summed E-state index contributed by atoms with van der Waals surface area (Å²) < 4.78 is 34.2. The van der Waals surface area contributed by atoms with Crippen molar-refractivity contribution in [2.45, 2.75) is 304 Å². The predicted molar refractivity (Wildman–Crippen MR) is 286 cm³/mol. The fourth-order valence-corrected chi connectivity index (χ4v) is 10.1. The van der Waals surface area contributed by atoms with Crippen molar-refractivity contribution in [3.05, 3.63) is 24.3 Å². The Hall–Kier alpha value is -1.73. The maximum atomic E-state index is 13.3. The highest BCUT2D eigenvalue weighted by atomic mass is 16.8. The average molecular weight is 1090 g/mol. The van der Waals surface area contributed by atoms with Crippen molar-refractivity contribution < 1.29 is 89.4 Å². The van der Waals surface area contributed by atoms with Crippen molar-refractivity contribution in [1.29, 1.82) is 0 Å². The molecule has 17 unspecified atom stereocenters. The molecule has 17 atom stereocenters. The Bertz CT molecular complexity index is 1490. The first kappa shape index (κ1) is 68.5. The summed E-state index contributed by atoms with van der Waals surface area (Å²) in [6.07, 6.45) is 14.5. The summed E-state index contributed by atoms with van der Waals surface area (Å²) in [6, 6.07) is -0.984. The van der Waals surface area contributed by atoms with Crippen molar-refractivity contribution in [2.24, 2.45) is 0 Å². The molecule has 0 aromatic carbocycles. The zero-order chi connectivity index (χ0) is 55.5. The molecular weight excluding hydrogens is 987 g/mol. The van der Waals surface area contributed by atoms with Gasteiger partial charge in [0.05, 0.1) is 38.6 Å². The second-order valence-electron chi connectivity index (χ2n) is 21.5. The third-order valence-electron chi connectivity index (χ3n) is 15.0. The Morgan fingerprint density at radius 2 is 0.842 bits per heavy atom. The highest BCUT2D eigenvalue weighted by Gasteiger charge is 2.53. The van der Waals surface area contributed by atoms with E-state index >= 15 is 0 Å². The monoisotopic (exact) mass is 1090 g/mol. The second-order valence-corrected chi connectivity index (χ2v) is 21.5. The van der Waals surface area contributed by atoms with Crippen LogP contribution in [0.25, 0.3) is 0 Å². The molecule has 19 heteroatoms. The second kappa shape index (κ2) is 41.3. The molecule has 0 radical (unpaired) electrons. The third kappa shape index (κ3) is 25.4. The van der Waals surface area contributed by atoms with E-state index in [4.69, 9.17) is 28.4 Å². The fourth-order valence-electron chi connectivity index (χ4n) is 10.1. The number of allylic oxidation sites excluding steroid dienone is 3. The van der Waals surface area contributed by atoms with Crippen molar-refractivity contribution in [3.8, 4) is 0 Å². The number of ether oxygens (including phenoxy) is 6. The SMILES string of the molecule is CCCCCCCCCCCC/C=C/CC/C=C/C(O)C(COC1OC(CO)C(OC2OC(CO)C(OC3OC(CO)C(O)C(O)C3O)C(O)C2O)C(O)C1O)NC(=O)CCCCCCCCCCCCCCCCC. The summed E-state index contributed by atoms with van der Waals surface area (Å²) in [5.74, 6) is -0.285. The van der Waals surface area contributed by atoms with Crippen LogP contribution in [-0.4, -0.2) is 193 Å². The van der Waals surface area contributed by atoms with Gasteiger partial charge in [-0.3, -0.25) is 4.79 Å². The van der Waals surface area contributed by atoms with Gasteiger partial charge in [-0.1, -0.05) is 186 Å². The zero-order valence-corrected chi connectivity index (χ0v) is 46.2. The van der Waals surface area contributed by atoms with Gasteiger partial charge in [0, 0.05) is 6.42 Å². The first-order valence-electron chi connectivity index (χ1n) is 29.6. The highest BCUT2D eigenvalue weighted by Crippen LogP contribution is 2.33. The number of nitrogens with one attached hydrogen (secondary N) is 1. The maximum absolute atomic E-state index is 13.3. The minimum Gasteiger partial charge on any atom is -0.394 e. The van der Waals surface area contributed by atoms with Gasteiger partial charge >= 0.3 is 0 Å². The molecule has 3 heterocycles. The lowest BCUT2D eigenvalue weighted by Gasteiger charge is -2.48. The number of aliphatic hydroxyl groups is 11. The number of rotatable bonds is 43. The molecule has 0 aromatic heterocycles. The van der Waals surface area contributed by atoms with Gasteiger partial charge in [0.15, 0.2) is 18.9 Å². The molecule has 0 spiro atoms. The molecule has 0 aromatic rings. The summed E-state index contributed by atoms with van der Waals surface area (Å²) in [5, 5.41) is 120. The Kier molecular flexibility index (Phi) is 37.2. The number of carbonyl (C=O) groups excluding carboxylic acids is 1. The molecule has 3 saturated heterocycles. The molecule has 0 bridgehead atoms. The van der Waals surface area contributed by atoms with Crippen LogP contribution in [0.3, 0.4) is 0 Å². The van der Waals surface area contributed by atoms with Gasteiger partial charge in [0.25, 0.3) is 0 Å². The molecule has 3 aliphatic heterocycles. The number of carbonyl (C=O) groups is 1. The standard InChI is InChI=1S/C57H105NO18/c1-3-5-7-9-11-13-15-17-19-21-22-24-26-28-30-32-34-41(62)40(58-45(63)35-33-31-29-27-25-23-20-18-16-14-12-10-8-6-4-2)39-71-55-51(69)48(66)53(43(37-60)73-55)76-57-52(70)49(67)54(44(38-61)74-57)75-56-50(68)47(65)46(64)42(36-59)72-56/h24,26,32,34,40-44,46-57,59-62,64-70H,3-23,25,27-31,33,35-39H2,1-2H3,(H,58,63)/b26-24+,34-32+. The van der Waals surface area contributed by atoms with E-state index in [1.807, 2.05) is 6.08 Å². The molecule has 1 amide bonds. The number of amides is 1. The van der Waals surface area contributed by atoms with Crippen molar-refractivity contribution in [1.82, 2.24) is 5.32 Å². The number of hydrogen-bond acceptors (Lipinski definition) is 18. The van der Waals surface area contributed by atoms with Gasteiger partial charge in [0.2, 0.25) is 5.91 Å². The lowest BCUT2D eigenvalue weighted by atomic mass is 9.96. The van der Waals surface area contributed by atoms with Crippen LogP contribution < -0.4 is 5.32 Å². The number of aliphatic hydroxyl groups excluding tert-OH is 11. The van der Waals surface area contributed by atoms with Gasteiger partial charge in [0.1, 0.15) is 73.2 Å². The van der Waals surface area contributed by atoms with E-state index in [0.29, 0.717) is 12.8 Å². The topological polar surface area (TPSA) is 307 Å². The summed E-state index contributed by atoms with van der Waals surface area (Å²) in [6.45, 7) is 1.70. The Morgan fingerprint density at radius 1 is 0.461 bits per heavy atom.